The molecule has 0 amide bonds. The molecule has 0 spiro atoms. The van der Waals surface area contributed by atoms with Gasteiger partial charge in [0, 0.05) is 18.3 Å². The van der Waals surface area contributed by atoms with Crippen molar-refractivity contribution >= 4 is 11.8 Å². The summed E-state index contributed by atoms with van der Waals surface area (Å²) < 4.78 is 5.49. The first-order valence-corrected chi connectivity index (χ1v) is 5.70. The van der Waals surface area contributed by atoms with Crippen molar-refractivity contribution in [1.29, 1.82) is 0 Å². The molecule has 6 heteroatoms. The molecule has 1 fully saturated rings. The van der Waals surface area contributed by atoms with Gasteiger partial charge in [-0.3, -0.25) is 0 Å². The lowest BCUT2D eigenvalue weighted by molar-refractivity contribution is -0.0105. The summed E-state index contributed by atoms with van der Waals surface area (Å²) in [7, 11) is 0. The van der Waals surface area contributed by atoms with Gasteiger partial charge >= 0.3 is 0 Å². The standard InChI is InChI=1S/C11H18N4O2/c1-7-3-10(14-11(12)13-7)15-4-9(5-16)17-6-8(15)2/h3,8-9,16H,4-6H2,1-2H3,(H2,12,13,14). The van der Waals surface area contributed by atoms with Gasteiger partial charge in [0.05, 0.1) is 25.4 Å². The quantitative estimate of drug-likeness (QED) is 0.751. The monoisotopic (exact) mass is 238 g/mol. The normalized spacial score (nSPS) is 25.0. The maximum absolute atomic E-state index is 9.14. The molecule has 0 aliphatic carbocycles. The third-order valence-electron chi connectivity index (χ3n) is 2.86. The Balaban J connectivity index is 2.24. The Kier molecular flexibility index (Phi) is 3.44. The highest BCUT2D eigenvalue weighted by Gasteiger charge is 2.26. The Morgan fingerprint density at radius 2 is 2.35 bits per heavy atom. The third-order valence-corrected chi connectivity index (χ3v) is 2.86. The van der Waals surface area contributed by atoms with Gasteiger partial charge in [-0.05, 0) is 13.8 Å². The second-order valence-electron chi connectivity index (χ2n) is 4.37. The zero-order chi connectivity index (χ0) is 12.4. The Bertz CT molecular complexity index is 379. The zero-order valence-electron chi connectivity index (χ0n) is 10.1. The fourth-order valence-electron chi connectivity index (χ4n) is 1.97. The van der Waals surface area contributed by atoms with E-state index in [2.05, 4.69) is 21.8 Å². The lowest BCUT2D eigenvalue weighted by atomic mass is 10.2. The summed E-state index contributed by atoms with van der Waals surface area (Å²) >= 11 is 0. The number of rotatable bonds is 2. The van der Waals surface area contributed by atoms with Crippen molar-refractivity contribution < 1.29 is 9.84 Å². The number of ether oxygens (including phenoxy) is 1. The number of nitrogen functional groups attached to an aromatic ring is 1. The van der Waals surface area contributed by atoms with Crippen LogP contribution in [0.25, 0.3) is 0 Å². The number of aliphatic hydroxyl groups excluding tert-OH is 1. The van der Waals surface area contributed by atoms with Gasteiger partial charge in [-0.1, -0.05) is 0 Å². The summed E-state index contributed by atoms with van der Waals surface area (Å²) in [6.07, 6.45) is -0.164. The highest BCUT2D eigenvalue weighted by atomic mass is 16.5. The van der Waals surface area contributed by atoms with Crippen molar-refractivity contribution in [2.45, 2.75) is 26.0 Å². The van der Waals surface area contributed by atoms with Crippen LogP contribution in [0, 0.1) is 6.92 Å². The van der Waals surface area contributed by atoms with Crippen molar-refractivity contribution in [3.63, 3.8) is 0 Å². The Labute approximate surface area is 100 Å². The number of aryl methyl sites for hydroxylation is 1. The van der Waals surface area contributed by atoms with E-state index in [1.807, 2.05) is 13.0 Å². The fourth-order valence-corrected chi connectivity index (χ4v) is 1.97. The first-order chi connectivity index (χ1) is 8.10. The molecule has 1 aromatic rings. The van der Waals surface area contributed by atoms with Crippen molar-refractivity contribution in [1.82, 2.24) is 9.97 Å². The van der Waals surface area contributed by atoms with Crippen LogP contribution in [-0.2, 0) is 4.74 Å². The highest BCUT2D eigenvalue weighted by molar-refractivity contribution is 5.44. The minimum Gasteiger partial charge on any atom is -0.394 e. The fraction of sp³-hybridized carbons (Fsp3) is 0.636. The van der Waals surface area contributed by atoms with Gasteiger partial charge < -0.3 is 20.5 Å². The number of hydrogen-bond acceptors (Lipinski definition) is 6. The zero-order valence-corrected chi connectivity index (χ0v) is 10.1. The van der Waals surface area contributed by atoms with E-state index in [9.17, 15) is 0 Å². The topological polar surface area (TPSA) is 84.5 Å². The second-order valence-corrected chi connectivity index (χ2v) is 4.37. The molecule has 6 nitrogen and oxygen atoms in total. The van der Waals surface area contributed by atoms with Gasteiger partial charge in [-0.2, -0.15) is 4.98 Å². The molecule has 2 atom stereocenters. The highest BCUT2D eigenvalue weighted by Crippen LogP contribution is 2.20. The van der Waals surface area contributed by atoms with Crippen LogP contribution in [0.4, 0.5) is 11.8 Å². The molecule has 2 heterocycles. The van der Waals surface area contributed by atoms with Crippen molar-refractivity contribution in [3.05, 3.63) is 11.8 Å². The third kappa shape index (κ3) is 2.65. The molecule has 0 aromatic carbocycles. The van der Waals surface area contributed by atoms with Crippen LogP contribution in [0.3, 0.4) is 0 Å². The maximum Gasteiger partial charge on any atom is 0.222 e. The average Bonchev–Trinajstić information content (AvgIpc) is 2.28. The Morgan fingerprint density at radius 1 is 1.59 bits per heavy atom. The molecular formula is C11H18N4O2. The smallest absolute Gasteiger partial charge is 0.222 e. The van der Waals surface area contributed by atoms with E-state index in [-0.39, 0.29) is 24.7 Å². The van der Waals surface area contributed by atoms with E-state index in [1.54, 1.807) is 0 Å². The number of nitrogens with zero attached hydrogens (tertiary/aromatic N) is 3. The number of anilines is 2. The molecule has 0 bridgehead atoms. The van der Waals surface area contributed by atoms with Crippen LogP contribution in [0.15, 0.2) is 6.07 Å². The molecule has 2 unspecified atom stereocenters. The van der Waals surface area contributed by atoms with Gasteiger partial charge in [0.1, 0.15) is 5.82 Å². The molecule has 94 valence electrons. The van der Waals surface area contributed by atoms with Crippen LogP contribution in [0.2, 0.25) is 0 Å². The molecule has 1 aromatic heterocycles. The second kappa shape index (κ2) is 4.85. The first kappa shape index (κ1) is 12.1. The maximum atomic E-state index is 9.14. The Hall–Kier alpha value is -1.40. The van der Waals surface area contributed by atoms with Crippen LogP contribution < -0.4 is 10.6 Å². The largest absolute Gasteiger partial charge is 0.394 e. The van der Waals surface area contributed by atoms with E-state index in [4.69, 9.17) is 15.6 Å². The first-order valence-electron chi connectivity index (χ1n) is 5.70. The van der Waals surface area contributed by atoms with Gasteiger partial charge in [-0.25, -0.2) is 4.98 Å². The molecule has 1 aliphatic heterocycles. The molecule has 0 radical (unpaired) electrons. The van der Waals surface area contributed by atoms with Gasteiger partial charge in [0.2, 0.25) is 5.95 Å². The molecule has 1 aliphatic rings. The summed E-state index contributed by atoms with van der Waals surface area (Å²) in [5, 5.41) is 9.14. The lowest BCUT2D eigenvalue weighted by Gasteiger charge is -2.38. The van der Waals surface area contributed by atoms with Gasteiger partial charge in [0.25, 0.3) is 0 Å². The van der Waals surface area contributed by atoms with Gasteiger partial charge in [-0.15, -0.1) is 0 Å². The van der Waals surface area contributed by atoms with E-state index < -0.39 is 0 Å². The van der Waals surface area contributed by atoms with Crippen molar-refractivity contribution in [2.24, 2.45) is 0 Å². The van der Waals surface area contributed by atoms with E-state index in [1.165, 1.54) is 0 Å². The van der Waals surface area contributed by atoms with Crippen molar-refractivity contribution in [3.8, 4) is 0 Å². The van der Waals surface area contributed by atoms with E-state index in [0.29, 0.717) is 13.2 Å². The molecule has 3 N–H and O–H groups in total. The van der Waals surface area contributed by atoms with Crippen LogP contribution in [0.5, 0.6) is 0 Å². The number of hydrogen-bond donors (Lipinski definition) is 2. The molecule has 1 saturated heterocycles. The molecular weight excluding hydrogens is 220 g/mol. The number of aromatic nitrogens is 2. The molecule has 0 saturated carbocycles. The summed E-state index contributed by atoms with van der Waals surface area (Å²) in [6, 6.07) is 2.11. The van der Waals surface area contributed by atoms with E-state index in [0.717, 1.165) is 11.5 Å². The van der Waals surface area contributed by atoms with Crippen LogP contribution in [0.1, 0.15) is 12.6 Å². The summed E-state index contributed by atoms with van der Waals surface area (Å²) in [6.45, 7) is 5.15. The summed E-state index contributed by atoms with van der Waals surface area (Å²) in [5.74, 6) is 1.07. The SMILES string of the molecule is Cc1cc(N2CC(CO)OCC2C)nc(N)n1. The minimum absolute atomic E-state index is 0.0166. The summed E-state index contributed by atoms with van der Waals surface area (Å²) in [5.41, 5.74) is 6.49. The number of aliphatic hydroxyl groups is 1. The number of nitrogens with two attached hydrogens (primary N) is 1. The molecule has 17 heavy (non-hydrogen) atoms. The average molecular weight is 238 g/mol. The summed E-state index contributed by atoms with van der Waals surface area (Å²) in [4.78, 5) is 10.4. The lowest BCUT2D eigenvalue weighted by Crippen LogP contribution is -2.50. The number of morpholine rings is 1. The predicted octanol–water partition coefficient (Wildman–Crippen LogP) is -0.0468. The molecule has 2 rings (SSSR count). The van der Waals surface area contributed by atoms with Crippen LogP contribution in [-0.4, -0.2) is 47.0 Å². The predicted molar refractivity (Wildman–Crippen MR) is 64.8 cm³/mol. The minimum atomic E-state index is -0.164. The van der Waals surface area contributed by atoms with Crippen LogP contribution >= 0.6 is 0 Å². The van der Waals surface area contributed by atoms with Crippen molar-refractivity contribution in [2.75, 3.05) is 30.4 Å². The Morgan fingerprint density at radius 3 is 3.00 bits per heavy atom. The van der Waals surface area contributed by atoms with Gasteiger partial charge in [0.15, 0.2) is 0 Å². The van der Waals surface area contributed by atoms with E-state index >= 15 is 0 Å².